The van der Waals surface area contributed by atoms with Crippen LogP contribution in [-0.4, -0.2) is 47.5 Å². The maximum Gasteiger partial charge on any atom is 0.229 e. The van der Waals surface area contributed by atoms with Gasteiger partial charge in [-0.05, 0) is 68.1 Å². The van der Waals surface area contributed by atoms with E-state index in [1.165, 1.54) is 4.52 Å². The van der Waals surface area contributed by atoms with Gasteiger partial charge in [0.15, 0.2) is 5.65 Å². The van der Waals surface area contributed by atoms with E-state index in [1.807, 2.05) is 13.8 Å². The number of nitrogens with zero attached hydrogens (tertiary/aromatic N) is 4. The van der Waals surface area contributed by atoms with E-state index in [0.29, 0.717) is 22.9 Å². The number of anilines is 1. The van der Waals surface area contributed by atoms with Crippen molar-refractivity contribution in [3.8, 4) is 0 Å². The highest BCUT2D eigenvalue weighted by molar-refractivity contribution is 7.91. The van der Waals surface area contributed by atoms with Gasteiger partial charge in [-0.25, -0.2) is 13.4 Å². The molecule has 0 radical (unpaired) electrons. The molecule has 32 heavy (non-hydrogen) atoms. The molecule has 4 aromatic rings. The summed E-state index contributed by atoms with van der Waals surface area (Å²) in [5.41, 5.74) is 2.71. The highest BCUT2D eigenvalue weighted by Gasteiger charge is 2.28. The molecule has 3 heterocycles. The third-order valence-electron chi connectivity index (χ3n) is 5.84. The Morgan fingerprint density at radius 3 is 2.78 bits per heavy atom. The van der Waals surface area contributed by atoms with Crippen molar-refractivity contribution in [2.45, 2.75) is 42.7 Å². The van der Waals surface area contributed by atoms with Gasteiger partial charge < -0.3 is 10.1 Å². The second kappa shape index (κ2) is 7.99. The van der Waals surface area contributed by atoms with Crippen molar-refractivity contribution >= 4 is 43.8 Å². The van der Waals surface area contributed by atoms with Crippen LogP contribution in [0.5, 0.6) is 0 Å². The fourth-order valence-corrected chi connectivity index (χ4v) is 5.38. The number of benzene rings is 2. The zero-order valence-electron chi connectivity index (χ0n) is 17.7. The Labute approximate surface area is 190 Å². The minimum absolute atomic E-state index is 0.0871. The molecule has 5 rings (SSSR count). The van der Waals surface area contributed by atoms with Crippen LogP contribution in [0.2, 0.25) is 5.02 Å². The highest BCUT2D eigenvalue weighted by atomic mass is 35.5. The second-order valence-corrected chi connectivity index (χ2v) is 10.3. The van der Waals surface area contributed by atoms with E-state index < -0.39 is 9.84 Å². The monoisotopic (exact) mass is 471 g/mol. The lowest BCUT2D eigenvalue weighted by Gasteiger charge is -2.14. The van der Waals surface area contributed by atoms with Gasteiger partial charge in [-0.2, -0.15) is 4.52 Å². The average Bonchev–Trinajstić information content (AvgIpc) is 3.43. The maximum atomic E-state index is 13.4. The van der Waals surface area contributed by atoms with Crippen LogP contribution in [-0.2, 0) is 14.6 Å². The van der Waals surface area contributed by atoms with E-state index in [1.54, 1.807) is 36.4 Å². The van der Waals surface area contributed by atoms with Crippen LogP contribution < -0.4 is 5.32 Å². The van der Waals surface area contributed by atoms with E-state index in [4.69, 9.17) is 16.3 Å². The minimum Gasteiger partial charge on any atom is -0.376 e. The van der Waals surface area contributed by atoms with Crippen molar-refractivity contribution in [2.24, 2.45) is 0 Å². The third kappa shape index (κ3) is 3.60. The van der Waals surface area contributed by atoms with Crippen molar-refractivity contribution < 1.29 is 13.2 Å². The first-order valence-electron chi connectivity index (χ1n) is 10.4. The Morgan fingerprint density at radius 2 is 2.03 bits per heavy atom. The van der Waals surface area contributed by atoms with Gasteiger partial charge in [0.1, 0.15) is 5.82 Å². The number of ether oxygens (including phenoxy) is 1. The van der Waals surface area contributed by atoms with Crippen molar-refractivity contribution in [1.29, 1.82) is 0 Å². The summed E-state index contributed by atoms with van der Waals surface area (Å²) in [5.74, 6) is 0.518. The molecule has 1 saturated heterocycles. The Hall–Kier alpha value is -2.75. The summed E-state index contributed by atoms with van der Waals surface area (Å²) in [5, 5.41) is 12.5. The van der Waals surface area contributed by atoms with Gasteiger partial charge in [0, 0.05) is 23.6 Å². The first-order valence-corrected chi connectivity index (χ1v) is 12.2. The lowest BCUT2D eigenvalue weighted by atomic mass is 10.1. The molecule has 0 spiro atoms. The zero-order valence-corrected chi connectivity index (χ0v) is 19.2. The van der Waals surface area contributed by atoms with Gasteiger partial charge in [0.25, 0.3) is 0 Å². The summed E-state index contributed by atoms with van der Waals surface area (Å²) in [6.07, 6.45) is 2.08. The first kappa shape index (κ1) is 21.1. The lowest BCUT2D eigenvalue weighted by molar-refractivity contribution is 0.120. The quantitative estimate of drug-likeness (QED) is 0.470. The van der Waals surface area contributed by atoms with Crippen molar-refractivity contribution in [2.75, 3.05) is 18.5 Å². The van der Waals surface area contributed by atoms with Gasteiger partial charge in [0.05, 0.1) is 16.5 Å². The molecule has 1 fully saturated rings. The normalized spacial score (nSPS) is 16.8. The fourth-order valence-electron chi connectivity index (χ4n) is 3.89. The lowest BCUT2D eigenvalue weighted by Crippen LogP contribution is -2.19. The molecule has 1 atom stereocenters. The first-order chi connectivity index (χ1) is 15.3. The minimum atomic E-state index is -3.92. The standard InChI is InChI=1S/C22H22ClN5O3S/c1-13-5-7-17(10-14(13)2)32(29,30)22-21-25-20(24-12-16-4-3-9-31-16)18-11-15(23)6-8-19(18)28(21)27-26-22/h5-8,10-11,16H,3-4,9,12H2,1-2H3,(H,24,25). The smallest absolute Gasteiger partial charge is 0.229 e. The number of fused-ring (bicyclic) bond motifs is 3. The van der Waals surface area contributed by atoms with Crippen LogP contribution in [0.25, 0.3) is 16.6 Å². The number of hydrogen-bond acceptors (Lipinski definition) is 7. The van der Waals surface area contributed by atoms with E-state index in [-0.39, 0.29) is 21.7 Å². The van der Waals surface area contributed by atoms with Gasteiger partial charge in [-0.1, -0.05) is 22.9 Å². The van der Waals surface area contributed by atoms with Crippen molar-refractivity contribution in [3.63, 3.8) is 0 Å². The molecular formula is C22H22ClN5O3S. The molecule has 8 nitrogen and oxygen atoms in total. The van der Waals surface area contributed by atoms with Crippen LogP contribution in [0.3, 0.4) is 0 Å². The molecule has 1 aliphatic heterocycles. The summed E-state index contributed by atoms with van der Waals surface area (Å²) < 4.78 is 34.0. The SMILES string of the molecule is Cc1ccc(S(=O)(=O)c2nnn3c2nc(NCC2CCCO2)c2cc(Cl)ccc23)cc1C. The number of hydrogen-bond donors (Lipinski definition) is 1. The Bertz CT molecular complexity index is 1450. The molecule has 0 saturated carbocycles. The predicted molar refractivity (Wildman–Crippen MR) is 122 cm³/mol. The highest BCUT2D eigenvalue weighted by Crippen LogP contribution is 2.30. The zero-order chi connectivity index (χ0) is 22.5. The van der Waals surface area contributed by atoms with Crippen LogP contribution in [0.1, 0.15) is 24.0 Å². The molecule has 0 bridgehead atoms. The van der Waals surface area contributed by atoms with E-state index in [0.717, 1.165) is 36.0 Å². The van der Waals surface area contributed by atoms with Crippen LogP contribution >= 0.6 is 11.6 Å². The molecule has 1 N–H and O–H groups in total. The van der Waals surface area contributed by atoms with E-state index in [9.17, 15) is 8.42 Å². The number of halogens is 1. The van der Waals surface area contributed by atoms with Gasteiger partial charge >= 0.3 is 0 Å². The summed E-state index contributed by atoms with van der Waals surface area (Å²) in [6, 6.07) is 10.3. The van der Waals surface area contributed by atoms with Crippen molar-refractivity contribution in [1.82, 2.24) is 19.8 Å². The van der Waals surface area contributed by atoms with Crippen LogP contribution in [0.15, 0.2) is 46.3 Å². The third-order valence-corrected chi connectivity index (χ3v) is 7.72. The second-order valence-electron chi connectivity index (χ2n) is 8.02. The molecule has 10 heteroatoms. The Kier molecular flexibility index (Phi) is 5.27. The van der Waals surface area contributed by atoms with Gasteiger partial charge in [0.2, 0.25) is 14.9 Å². The van der Waals surface area contributed by atoms with Crippen LogP contribution in [0, 0.1) is 13.8 Å². The van der Waals surface area contributed by atoms with Crippen LogP contribution in [0.4, 0.5) is 5.82 Å². The summed E-state index contributed by atoms with van der Waals surface area (Å²) in [4.78, 5) is 4.79. The predicted octanol–water partition coefficient (Wildman–Crippen LogP) is 3.97. The Morgan fingerprint density at radius 1 is 1.19 bits per heavy atom. The number of aromatic nitrogens is 4. The molecule has 1 unspecified atom stereocenters. The van der Waals surface area contributed by atoms with Gasteiger partial charge in [-0.15, -0.1) is 5.10 Å². The molecule has 1 aliphatic rings. The molecule has 2 aromatic heterocycles. The fraction of sp³-hybridized carbons (Fsp3) is 0.318. The van der Waals surface area contributed by atoms with E-state index >= 15 is 0 Å². The maximum absolute atomic E-state index is 13.4. The van der Waals surface area contributed by atoms with E-state index in [2.05, 4.69) is 20.6 Å². The molecular weight excluding hydrogens is 450 g/mol. The molecule has 166 valence electrons. The number of sulfone groups is 1. The Balaban J connectivity index is 1.67. The summed E-state index contributed by atoms with van der Waals surface area (Å²) >= 11 is 6.23. The van der Waals surface area contributed by atoms with Gasteiger partial charge in [-0.3, -0.25) is 0 Å². The summed E-state index contributed by atoms with van der Waals surface area (Å²) in [6.45, 7) is 5.12. The van der Waals surface area contributed by atoms with Crippen molar-refractivity contribution in [3.05, 3.63) is 52.5 Å². The molecule has 0 amide bonds. The number of aryl methyl sites for hydroxylation is 2. The number of nitrogens with one attached hydrogen (secondary N) is 1. The molecule has 2 aromatic carbocycles. The topological polar surface area (TPSA) is 98.5 Å². The summed E-state index contributed by atoms with van der Waals surface area (Å²) in [7, 11) is -3.92. The largest absolute Gasteiger partial charge is 0.376 e. The molecule has 0 aliphatic carbocycles. The average molecular weight is 472 g/mol. The number of rotatable bonds is 5.